The molecule has 0 aliphatic carbocycles. The highest BCUT2D eigenvalue weighted by Crippen LogP contribution is 2.25. The van der Waals surface area contributed by atoms with Crippen molar-refractivity contribution in [3.63, 3.8) is 0 Å². The molecule has 0 heterocycles. The first-order valence-electron chi connectivity index (χ1n) is 6.72. The molecule has 0 aliphatic rings. The Kier molecular flexibility index (Phi) is 4.97. The molecule has 2 aromatic rings. The molecule has 0 unspecified atom stereocenters. The third kappa shape index (κ3) is 3.83. The molecule has 5 nitrogen and oxygen atoms in total. The number of carbonyl (C=O) groups is 1. The number of sulfonamides is 1. The fourth-order valence-electron chi connectivity index (χ4n) is 2.08. The van der Waals surface area contributed by atoms with E-state index < -0.39 is 16.0 Å². The lowest BCUT2D eigenvalue weighted by Gasteiger charge is -2.12. The van der Waals surface area contributed by atoms with Gasteiger partial charge in [0.05, 0.1) is 17.6 Å². The van der Waals surface area contributed by atoms with Gasteiger partial charge in [-0.25, -0.2) is 13.2 Å². The standard InChI is InChI=1S/C16H16ClNO4S/c1-10-8-15(11(2)7-14(10)17)23(20,21)18-13-6-4-5-12(9-13)16(19)22-3/h4-9,18H,1-3H3. The van der Waals surface area contributed by atoms with Gasteiger partial charge in [-0.05, 0) is 55.3 Å². The number of aryl methyl sites for hydroxylation is 2. The Morgan fingerprint density at radius 1 is 1.13 bits per heavy atom. The summed E-state index contributed by atoms with van der Waals surface area (Å²) in [5, 5.41) is 0.508. The molecule has 0 saturated carbocycles. The molecule has 0 fully saturated rings. The summed E-state index contributed by atoms with van der Waals surface area (Å²) in [4.78, 5) is 11.7. The number of halogens is 1. The van der Waals surface area contributed by atoms with Crippen LogP contribution in [0.5, 0.6) is 0 Å². The third-order valence-electron chi connectivity index (χ3n) is 3.28. The summed E-state index contributed by atoms with van der Waals surface area (Å²) >= 11 is 6.00. The molecule has 23 heavy (non-hydrogen) atoms. The predicted molar refractivity (Wildman–Crippen MR) is 89.5 cm³/mol. The van der Waals surface area contributed by atoms with Crippen LogP contribution in [0.15, 0.2) is 41.3 Å². The number of anilines is 1. The van der Waals surface area contributed by atoms with Crippen LogP contribution in [0, 0.1) is 13.8 Å². The fourth-order valence-corrected chi connectivity index (χ4v) is 3.66. The third-order valence-corrected chi connectivity index (χ3v) is 5.21. The summed E-state index contributed by atoms with van der Waals surface area (Å²) in [6, 6.07) is 9.22. The van der Waals surface area contributed by atoms with Crippen LogP contribution in [0.3, 0.4) is 0 Å². The number of carbonyl (C=O) groups excluding carboxylic acids is 1. The fraction of sp³-hybridized carbons (Fsp3) is 0.188. The van der Waals surface area contributed by atoms with Gasteiger partial charge in [0.1, 0.15) is 0 Å². The van der Waals surface area contributed by atoms with Gasteiger partial charge in [-0.15, -0.1) is 0 Å². The number of ether oxygens (including phenoxy) is 1. The Morgan fingerprint density at radius 3 is 2.48 bits per heavy atom. The van der Waals surface area contributed by atoms with Crippen molar-refractivity contribution < 1.29 is 17.9 Å². The Labute approximate surface area is 140 Å². The molecule has 2 rings (SSSR count). The summed E-state index contributed by atoms with van der Waals surface area (Å²) < 4.78 is 32.2. The van der Waals surface area contributed by atoms with Crippen LogP contribution in [0.25, 0.3) is 0 Å². The number of esters is 1. The minimum Gasteiger partial charge on any atom is -0.465 e. The van der Waals surface area contributed by atoms with Gasteiger partial charge in [-0.1, -0.05) is 17.7 Å². The first-order valence-corrected chi connectivity index (χ1v) is 8.58. The number of methoxy groups -OCH3 is 1. The average molecular weight is 354 g/mol. The number of hydrogen-bond donors (Lipinski definition) is 1. The SMILES string of the molecule is COC(=O)c1cccc(NS(=O)(=O)c2cc(C)c(Cl)cc2C)c1. The summed E-state index contributed by atoms with van der Waals surface area (Å²) in [6.07, 6.45) is 0. The maximum absolute atomic E-state index is 12.6. The average Bonchev–Trinajstić information content (AvgIpc) is 2.49. The van der Waals surface area contributed by atoms with Crippen molar-refractivity contribution in [2.24, 2.45) is 0 Å². The Morgan fingerprint density at radius 2 is 1.83 bits per heavy atom. The van der Waals surface area contributed by atoms with Crippen molar-refractivity contribution in [2.75, 3.05) is 11.8 Å². The van der Waals surface area contributed by atoms with Crippen molar-refractivity contribution in [2.45, 2.75) is 18.7 Å². The van der Waals surface area contributed by atoms with E-state index in [4.69, 9.17) is 11.6 Å². The van der Waals surface area contributed by atoms with Crippen LogP contribution in [-0.2, 0) is 14.8 Å². The second kappa shape index (κ2) is 6.60. The molecule has 0 aliphatic heterocycles. The first kappa shape index (κ1) is 17.3. The van der Waals surface area contributed by atoms with E-state index in [9.17, 15) is 13.2 Å². The Hall–Kier alpha value is -2.05. The van der Waals surface area contributed by atoms with E-state index in [1.807, 2.05) is 0 Å². The zero-order valence-corrected chi connectivity index (χ0v) is 14.5. The number of hydrogen-bond acceptors (Lipinski definition) is 4. The van der Waals surface area contributed by atoms with Crippen LogP contribution >= 0.6 is 11.6 Å². The lowest BCUT2D eigenvalue weighted by atomic mass is 10.2. The number of benzene rings is 2. The first-order chi connectivity index (χ1) is 10.7. The van der Waals surface area contributed by atoms with Crippen molar-refractivity contribution in [1.82, 2.24) is 0 Å². The minimum atomic E-state index is -3.79. The second-order valence-electron chi connectivity index (χ2n) is 5.04. The number of nitrogens with one attached hydrogen (secondary N) is 1. The lowest BCUT2D eigenvalue weighted by molar-refractivity contribution is 0.0601. The van der Waals surface area contributed by atoms with Crippen molar-refractivity contribution >= 4 is 33.3 Å². The quantitative estimate of drug-likeness (QED) is 0.853. The maximum atomic E-state index is 12.6. The summed E-state index contributed by atoms with van der Waals surface area (Å²) in [5.74, 6) is -0.537. The molecule has 1 N–H and O–H groups in total. The van der Waals surface area contributed by atoms with Crippen molar-refractivity contribution in [3.8, 4) is 0 Å². The van der Waals surface area contributed by atoms with Crippen LogP contribution in [0.2, 0.25) is 5.02 Å². The molecule has 0 saturated heterocycles. The van der Waals surface area contributed by atoms with Crippen LogP contribution in [0.4, 0.5) is 5.69 Å². The molecular weight excluding hydrogens is 338 g/mol. The van der Waals surface area contributed by atoms with Crippen LogP contribution in [-0.4, -0.2) is 21.5 Å². The van der Waals surface area contributed by atoms with Crippen LogP contribution < -0.4 is 4.72 Å². The minimum absolute atomic E-state index is 0.142. The van der Waals surface area contributed by atoms with E-state index in [-0.39, 0.29) is 16.1 Å². The van der Waals surface area contributed by atoms with Crippen molar-refractivity contribution in [3.05, 3.63) is 58.1 Å². The topological polar surface area (TPSA) is 72.5 Å². The second-order valence-corrected chi connectivity index (χ2v) is 7.10. The Bertz CT molecular complexity index is 862. The van der Waals surface area contributed by atoms with Gasteiger partial charge in [0.25, 0.3) is 10.0 Å². The molecule has 0 aromatic heterocycles. The summed E-state index contributed by atoms with van der Waals surface area (Å²) in [6.45, 7) is 3.41. The highest BCUT2D eigenvalue weighted by molar-refractivity contribution is 7.92. The van der Waals surface area contributed by atoms with Gasteiger partial charge in [0, 0.05) is 10.7 Å². The van der Waals surface area contributed by atoms with E-state index in [2.05, 4.69) is 9.46 Å². The van der Waals surface area contributed by atoms with Crippen molar-refractivity contribution in [1.29, 1.82) is 0 Å². The van der Waals surface area contributed by atoms with E-state index in [1.54, 1.807) is 38.1 Å². The van der Waals surface area contributed by atoms with Gasteiger partial charge in [0.2, 0.25) is 0 Å². The lowest BCUT2D eigenvalue weighted by Crippen LogP contribution is -2.15. The predicted octanol–water partition coefficient (Wildman–Crippen LogP) is 3.54. The Balaban J connectivity index is 2.39. The van der Waals surface area contributed by atoms with E-state index in [0.717, 1.165) is 0 Å². The number of rotatable bonds is 4. The molecule has 7 heteroatoms. The molecule has 0 amide bonds. The molecule has 0 atom stereocenters. The van der Waals surface area contributed by atoms with E-state index in [1.165, 1.54) is 19.2 Å². The molecule has 0 radical (unpaired) electrons. The monoisotopic (exact) mass is 353 g/mol. The zero-order chi connectivity index (χ0) is 17.2. The highest BCUT2D eigenvalue weighted by atomic mass is 35.5. The van der Waals surface area contributed by atoms with Gasteiger partial charge < -0.3 is 4.74 Å². The molecule has 122 valence electrons. The summed E-state index contributed by atoms with van der Waals surface area (Å²) in [7, 11) is -2.53. The zero-order valence-electron chi connectivity index (χ0n) is 12.9. The molecule has 0 bridgehead atoms. The van der Waals surface area contributed by atoms with Gasteiger partial charge in [-0.3, -0.25) is 4.72 Å². The van der Waals surface area contributed by atoms with Crippen LogP contribution in [0.1, 0.15) is 21.5 Å². The molecule has 0 spiro atoms. The van der Waals surface area contributed by atoms with Gasteiger partial charge in [-0.2, -0.15) is 0 Å². The maximum Gasteiger partial charge on any atom is 0.337 e. The normalized spacial score (nSPS) is 11.1. The highest BCUT2D eigenvalue weighted by Gasteiger charge is 2.19. The van der Waals surface area contributed by atoms with E-state index in [0.29, 0.717) is 16.1 Å². The largest absolute Gasteiger partial charge is 0.465 e. The summed E-state index contributed by atoms with van der Waals surface area (Å²) in [5.41, 5.74) is 1.75. The van der Waals surface area contributed by atoms with Gasteiger partial charge >= 0.3 is 5.97 Å². The molecular formula is C16H16ClNO4S. The van der Waals surface area contributed by atoms with Gasteiger partial charge in [0.15, 0.2) is 0 Å². The van der Waals surface area contributed by atoms with E-state index >= 15 is 0 Å². The smallest absolute Gasteiger partial charge is 0.337 e. The molecule has 2 aromatic carbocycles.